The van der Waals surface area contributed by atoms with Gasteiger partial charge in [-0.05, 0) is 79.8 Å². The van der Waals surface area contributed by atoms with E-state index in [-0.39, 0.29) is 12.0 Å². The Kier molecular flexibility index (Phi) is 7.18. The van der Waals surface area contributed by atoms with Crippen LogP contribution in [0, 0.1) is 13.8 Å². The predicted octanol–water partition coefficient (Wildman–Crippen LogP) is 5.61. The van der Waals surface area contributed by atoms with E-state index in [9.17, 15) is 4.79 Å². The number of aromatic amines is 1. The lowest BCUT2D eigenvalue weighted by atomic mass is 9.79. The molecule has 1 saturated heterocycles. The molecule has 6 rings (SSSR count). The molecule has 0 spiro atoms. The molecule has 0 bridgehead atoms. The van der Waals surface area contributed by atoms with E-state index in [1.165, 1.54) is 0 Å². The quantitative estimate of drug-likeness (QED) is 0.283. The number of methoxy groups -OCH3 is 1. The van der Waals surface area contributed by atoms with Crippen molar-refractivity contribution >= 4 is 23.4 Å². The van der Waals surface area contributed by atoms with Crippen molar-refractivity contribution in [3.05, 3.63) is 82.7 Å². The zero-order chi connectivity index (χ0) is 29.4. The Morgan fingerprint density at radius 2 is 1.81 bits per heavy atom. The zero-order valence-electron chi connectivity index (χ0n) is 24.4. The Morgan fingerprint density at radius 1 is 1.07 bits per heavy atom. The van der Waals surface area contributed by atoms with Crippen molar-refractivity contribution < 1.29 is 19.4 Å². The second-order valence-corrected chi connectivity index (χ2v) is 11.4. The van der Waals surface area contributed by atoms with Gasteiger partial charge in [0.15, 0.2) is 6.61 Å². The van der Waals surface area contributed by atoms with Gasteiger partial charge in [0.05, 0.1) is 18.5 Å². The van der Waals surface area contributed by atoms with Crippen molar-refractivity contribution in [2.75, 3.05) is 31.7 Å². The number of carboxylic acids is 1. The van der Waals surface area contributed by atoms with Gasteiger partial charge in [-0.15, -0.1) is 0 Å². The van der Waals surface area contributed by atoms with Gasteiger partial charge in [0.1, 0.15) is 29.5 Å². The number of rotatable bonds is 8. The summed E-state index contributed by atoms with van der Waals surface area (Å²) >= 11 is 0. The normalized spacial score (nSPS) is 15.7. The summed E-state index contributed by atoms with van der Waals surface area (Å²) in [5.41, 5.74) is 8.50. The Bertz CT molecular complexity index is 1670. The molecule has 9 heteroatoms. The molecular weight excluding hydrogens is 530 g/mol. The maximum atomic E-state index is 10.8. The number of hydrogen-bond donors (Lipinski definition) is 2. The van der Waals surface area contributed by atoms with Gasteiger partial charge in [-0.1, -0.05) is 19.1 Å². The molecular formula is C33H35N5O4. The van der Waals surface area contributed by atoms with Gasteiger partial charge in [-0.3, -0.25) is 0 Å². The van der Waals surface area contributed by atoms with Crippen molar-refractivity contribution in [1.82, 2.24) is 19.9 Å². The number of allylic oxidation sites excluding steroid dienone is 1. The number of piperidine rings is 1. The Morgan fingerprint density at radius 3 is 2.50 bits per heavy atom. The summed E-state index contributed by atoms with van der Waals surface area (Å²) in [6.45, 7) is 7.84. The smallest absolute Gasteiger partial charge is 0.341 e. The van der Waals surface area contributed by atoms with E-state index >= 15 is 0 Å². The van der Waals surface area contributed by atoms with Crippen LogP contribution in [0.2, 0.25) is 0 Å². The first-order valence-corrected chi connectivity index (χ1v) is 14.2. The molecule has 42 heavy (non-hydrogen) atoms. The lowest BCUT2D eigenvalue weighted by Gasteiger charge is -2.39. The van der Waals surface area contributed by atoms with Crippen molar-refractivity contribution in [3.63, 3.8) is 0 Å². The minimum atomic E-state index is -0.996. The number of benzene rings is 2. The van der Waals surface area contributed by atoms with E-state index in [0.29, 0.717) is 5.75 Å². The predicted molar refractivity (Wildman–Crippen MR) is 162 cm³/mol. The van der Waals surface area contributed by atoms with Gasteiger partial charge >= 0.3 is 5.97 Å². The van der Waals surface area contributed by atoms with Gasteiger partial charge in [-0.25, -0.2) is 19.7 Å². The number of aromatic nitrogens is 4. The first kappa shape index (κ1) is 27.5. The van der Waals surface area contributed by atoms with Crippen LogP contribution in [0.3, 0.4) is 0 Å². The molecule has 2 N–H and O–H groups in total. The van der Waals surface area contributed by atoms with Gasteiger partial charge < -0.3 is 24.5 Å². The molecule has 0 saturated carbocycles. The molecule has 0 radical (unpaired) electrons. The Labute approximate surface area is 245 Å². The van der Waals surface area contributed by atoms with Crippen LogP contribution in [0.1, 0.15) is 53.7 Å². The first-order chi connectivity index (χ1) is 20.2. The standard InChI is InChI=1S/C33H35N5O4/c1-20-15-23(7-10-28(20)41-4)30-21(2)36-32(37-30)33(3)11-13-38(14-12-33)31-26-16-24(17-27(26)34-19-35-31)22-5-8-25(9-6-22)42-18-29(39)40/h5-10,15-16,19H,11-14,17-18H2,1-4H3,(H,36,37)(H,39,40). The van der Waals surface area contributed by atoms with Gasteiger partial charge in [-0.2, -0.15) is 0 Å². The topological polar surface area (TPSA) is 113 Å². The third-order valence-electron chi connectivity index (χ3n) is 8.50. The van der Waals surface area contributed by atoms with Crippen LogP contribution in [0.5, 0.6) is 11.5 Å². The van der Waals surface area contributed by atoms with Crippen LogP contribution >= 0.6 is 0 Å². The van der Waals surface area contributed by atoms with Crippen LogP contribution in [0.25, 0.3) is 22.9 Å². The first-order valence-electron chi connectivity index (χ1n) is 14.2. The number of hydrogen-bond acceptors (Lipinski definition) is 7. The molecule has 1 aliphatic heterocycles. The molecule has 4 aromatic rings. The highest BCUT2D eigenvalue weighted by atomic mass is 16.5. The number of H-pyrrole nitrogens is 1. The summed E-state index contributed by atoms with van der Waals surface area (Å²) in [5, 5.41) is 8.84. The fraction of sp³-hybridized carbons (Fsp3) is 0.333. The lowest BCUT2D eigenvalue weighted by Crippen LogP contribution is -2.42. The van der Waals surface area contributed by atoms with E-state index in [0.717, 1.165) is 94.7 Å². The fourth-order valence-corrected chi connectivity index (χ4v) is 5.97. The summed E-state index contributed by atoms with van der Waals surface area (Å²) in [5.74, 6) is 2.43. The van der Waals surface area contributed by atoms with Crippen LogP contribution in [-0.2, 0) is 16.6 Å². The second kappa shape index (κ2) is 11.0. The molecule has 2 aliphatic rings. The van der Waals surface area contributed by atoms with Crippen molar-refractivity contribution in [3.8, 4) is 22.8 Å². The summed E-state index contributed by atoms with van der Waals surface area (Å²) in [6.07, 6.45) is 6.48. The molecule has 0 atom stereocenters. The number of carboxylic acid groups (broad SMARTS) is 1. The number of fused-ring (bicyclic) bond motifs is 1. The zero-order valence-corrected chi connectivity index (χ0v) is 24.4. The third-order valence-corrected chi connectivity index (χ3v) is 8.50. The number of nitrogens with zero attached hydrogens (tertiary/aromatic N) is 4. The molecule has 216 valence electrons. The van der Waals surface area contributed by atoms with Crippen LogP contribution < -0.4 is 14.4 Å². The average Bonchev–Trinajstić information content (AvgIpc) is 3.61. The minimum Gasteiger partial charge on any atom is -0.496 e. The number of imidazole rings is 1. The highest BCUT2D eigenvalue weighted by Crippen LogP contribution is 2.40. The number of nitrogens with one attached hydrogen (secondary N) is 1. The van der Waals surface area contributed by atoms with Crippen molar-refractivity contribution in [2.45, 2.75) is 45.4 Å². The van der Waals surface area contributed by atoms with E-state index < -0.39 is 5.97 Å². The Hall–Kier alpha value is -4.66. The van der Waals surface area contributed by atoms with Crippen molar-refractivity contribution in [1.29, 1.82) is 0 Å². The maximum Gasteiger partial charge on any atom is 0.341 e. The van der Waals surface area contributed by atoms with Crippen molar-refractivity contribution in [2.24, 2.45) is 0 Å². The molecule has 1 fully saturated rings. The number of aliphatic carboxylic acids is 1. The SMILES string of the molecule is COc1ccc(-c2nc(C3(C)CCN(c4ncnc5c4C=C(c4ccc(OCC(=O)O)cc4)C5)CC3)[nH]c2C)cc1C. The second-order valence-electron chi connectivity index (χ2n) is 11.4. The van der Waals surface area contributed by atoms with Gasteiger partial charge in [0, 0.05) is 41.7 Å². The average molecular weight is 566 g/mol. The number of ether oxygens (including phenoxy) is 2. The number of aryl methyl sites for hydroxylation is 2. The number of anilines is 1. The maximum absolute atomic E-state index is 10.8. The third kappa shape index (κ3) is 5.22. The van der Waals surface area contributed by atoms with Crippen LogP contribution in [0.4, 0.5) is 5.82 Å². The highest BCUT2D eigenvalue weighted by Gasteiger charge is 2.36. The number of carbonyl (C=O) groups is 1. The van der Waals surface area contributed by atoms with Gasteiger partial charge in [0.2, 0.25) is 0 Å². The monoisotopic (exact) mass is 565 g/mol. The fourth-order valence-electron chi connectivity index (χ4n) is 5.97. The summed E-state index contributed by atoms with van der Waals surface area (Å²) < 4.78 is 10.7. The molecule has 0 unspecified atom stereocenters. The van der Waals surface area contributed by atoms with E-state index in [1.807, 2.05) is 18.2 Å². The minimum absolute atomic E-state index is 0.0668. The van der Waals surface area contributed by atoms with E-state index in [2.05, 4.69) is 53.8 Å². The lowest BCUT2D eigenvalue weighted by molar-refractivity contribution is -0.139. The Balaban J connectivity index is 1.17. The van der Waals surface area contributed by atoms with Crippen LogP contribution in [-0.4, -0.2) is 57.8 Å². The van der Waals surface area contributed by atoms with Crippen LogP contribution in [0.15, 0.2) is 48.8 Å². The molecule has 0 amide bonds. The molecule has 9 nitrogen and oxygen atoms in total. The molecule has 3 heterocycles. The van der Waals surface area contributed by atoms with E-state index in [1.54, 1.807) is 25.6 Å². The molecule has 1 aliphatic carbocycles. The van der Waals surface area contributed by atoms with Gasteiger partial charge in [0.25, 0.3) is 0 Å². The summed E-state index contributed by atoms with van der Waals surface area (Å²) in [6, 6.07) is 13.7. The molecule has 2 aromatic carbocycles. The molecule has 2 aromatic heterocycles. The summed E-state index contributed by atoms with van der Waals surface area (Å²) in [4.78, 5) is 31.2. The highest BCUT2D eigenvalue weighted by molar-refractivity contribution is 5.91. The largest absolute Gasteiger partial charge is 0.496 e. The van der Waals surface area contributed by atoms with E-state index in [4.69, 9.17) is 24.5 Å². The summed E-state index contributed by atoms with van der Waals surface area (Å²) in [7, 11) is 1.69.